The predicted octanol–water partition coefficient (Wildman–Crippen LogP) is 5.01. The van der Waals surface area contributed by atoms with Crippen LogP contribution in [-0.2, 0) is 0 Å². The van der Waals surface area contributed by atoms with E-state index in [-0.39, 0.29) is 10.6 Å². The molecule has 7 heteroatoms. The molecule has 5 aliphatic heterocycles. The van der Waals surface area contributed by atoms with Crippen molar-refractivity contribution in [1.29, 1.82) is 0 Å². The lowest BCUT2D eigenvalue weighted by Gasteiger charge is -2.05. The Kier molecular flexibility index (Phi) is 4.26. The predicted molar refractivity (Wildman–Crippen MR) is 131 cm³/mol. The van der Waals surface area contributed by atoms with Crippen molar-refractivity contribution in [3.05, 3.63) is 130 Å². The number of fused-ring (bicyclic) bond motifs is 4. The van der Waals surface area contributed by atoms with Gasteiger partial charge in [0.05, 0.1) is 56.1 Å². The maximum absolute atomic E-state index is 11.7. The SMILES string of the molecule is O=[N+]([O-])c1ccccc1C1=CC2=NC1=CC1=NC(=CC3=NC(=CC4=NC(=C2)C=C4)C=C3)C=C1. The number of hydrogen-bond donors (Lipinski definition) is 0. The molecule has 7 nitrogen and oxygen atoms in total. The first-order chi connectivity index (χ1) is 16.1. The van der Waals surface area contributed by atoms with E-state index in [4.69, 9.17) is 4.99 Å². The molecular formula is C26H15N5O2. The second kappa shape index (κ2) is 7.42. The highest BCUT2D eigenvalue weighted by atomic mass is 16.6. The molecule has 156 valence electrons. The second-order valence-corrected chi connectivity index (χ2v) is 7.72. The molecule has 0 atom stereocenters. The summed E-state index contributed by atoms with van der Waals surface area (Å²) in [6.45, 7) is 0. The Morgan fingerprint density at radius 2 is 1.15 bits per heavy atom. The van der Waals surface area contributed by atoms with Crippen LogP contribution in [0.4, 0.5) is 5.69 Å². The molecule has 0 fully saturated rings. The molecule has 33 heavy (non-hydrogen) atoms. The molecular weight excluding hydrogens is 414 g/mol. The van der Waals surface area contributed by atoms with Crippen LogP contribution in [0.25, 0.3) is 5.57 Å². The zero-order valence-electron chi connectivity index (χ0n) is 17.2. The monoisotopic (exact) mass is 429 g/mol. The number of aliphatic imine (C=N–C) groups is 4. The molecule has 0 aliphatic carbocycles. The normalized spacial score (nSPS) is 19.8. The van der Waals surface area contributed by atoms with Gasteiger partial charge in [-0.15, -0.1) is 0 Å². The fourth-order valence-electron chi connectivity index (χ4n) is 3.97. The highest BCUT2D eigenvalue weighted by molar-refractivity contribution is 6.19. The number of nitrogens with zero attached hydrogens (tertiary/aromatic N) is 5. The van der Waals surface area contributed by atoms with E-state index in [1.807, 2.05) is 66.8 Å². The highest BCUT2D eigenvalue weighted by Gasteiger charge is 2.24. The Balaban J connectivity index is 1.53. The number of rotatable bonds is 2. The van der Waals surface area contributed by atoms with Gasteiger partial charge < -0.3 is 0 Å². The van der Waals surface area contributed by atoms with Crippen LogP contribution in [0.2, 0.25) is 0 Å². The molecule has 0 unspecified atom stereocenters. The molecule has 1 aromatic carbocycles. The van der Waals surface area contributed by atoms with Gasteiger partial charge in [-0.25, -0.2) is 20.0 Å². The summed E-state index contributed by atoms with van der Waals surface area (Å²) >= 11 is 0. The van der Waals surface area contributed by atoms with Gasteiger partial charge in [0.2, 0.25) is 0 Å². The third-order valence-electron chi connectivity index (χ3n) is 5.43. The Hall–Kier alpha value is -4.78. The van der Waals surface area contributed by atoms with Crippen LogP contribution in [0.5, 0.6) is 0 Å². The lowest BCUT2D eigenvalue weighted by Crippen LogP contribution is -1.96. The maximum Gasteiger partial charge on any atom is 0.277 e. The standard InChI is InChI=1S/C26H15N5O2/c32-31(33)26-4-2-1-3-23(26)24-14-22-13-20-8-7-18(28-20)11-16-5-6-17(27-16)12-19-9-10-21(29-19)15-25(24)30-22/h1-15H. The lowest BCUT2D eigenvalue weighted by molar-refractivity contribution is -0.385. The van der Waals surface area contributed by atoms with E-state index in [9.17, 15) is 10.1 Å². The Morgan fingerprint density at radius 1 is 0.606 bits per heavy atom. The lowest BCUT2D eigenvalue weighted by atomic mass is 10.0. The van der Waals surface area contributed by atoms with E-state index < -0.39 is 0 Å². The van der Waals surface area contributed by atoms with E-state index in [0.29, 0.717) is 28.3 Å². The number of allylic oxidation sites excluding steroid dienone is 12. The van der Waals surface area contributed by atoms with Crippen LogP contribution >= 0.6 is 0 Å². The third-order valence-corrected chi connectivity index (χ3v) is 5.43. The molecule has 0 aromatic heterocycles. The summed E-state index contributed by atoms with van der Waals surface area (Å²) in [5.41, 5.74) is 7.15. The summed E-state index contributed by atoms with van der Waals surface area (Å²) in [6.07, 6.45) is 20.9. The minimum absolute atomic E-state index is 0.0302. The largest absolute Gasteiger partial charge is 0.277 e. The average molecular weight is 429 g/mol. The minimum atomic E-state index is -0.374. The first-order valence-corrected chi connectivity index (χ1v) is 10.3. The van der Waals surface area contributed by atoms with Crippen LogP contribution in [0.1, 0.15) is 5.56 Å². The van der Waals surface area contributed by atoms with Gasteiger partial charge in [0, 0.05) is 11.6 Å². The quantitative estimate of drug-likeness (QED) is 0.488. The molecule has 0 spiro atoms. The third kappa shape index (κ3) is 3.61. The fourth-order valence-corrected chi connectivity index (χ4v) is 3.97. The van der Waals surface area contributed by atoms with Gasteiger partial charge in [-0.05, 0) is 72.9 Å². The van der Waals surface area contributed by atoms with Crippen LogP contribution in [-0.4, -0.2) is 27.8 Å². The van der Waals surface area contributed by atoms with Gasteiger partial charge in [0.1, 0.15) is 0 Å². The van der Waals surface area contributed by atoms with Crippen molar-refractivity contribution >= 4 is 34.1 Å². The van der Waals surface area contributed by atoms with Crippen LogP contribution in [0.15, 0.2) is 134 Å². The van der Waals surface area contributed by atoms with E-state index in [2.05, 4.69) is 15.0 Å². The summed E-state index contributed by atoms with van der Waals surface area (Å²) in [5, 5.41) is 11.7. The summed E-state index contributed by atoms with van der Waals surface area (Å²) in [4.78, 5) is 29.9. The molecule has 0 N–H and O–H groups in total. The van der Waals surface area contributed by atoms with Crippen molar-refractivity contribution < 1.29 is 4.92 Å². The van der Waals surface area contributed by atoms with Crippen LogP contribution in [0, 0.1) is 10.1 Å². The van der Waals surface area contributed by atoms with Crippen LogP contribution < -0.4 is 0 Å². The van der Waals surface area contributed by atoms with Crippen molar-refractivity contribution in [3.8, 4) is 0 Å². The summed E-state index contributed by atoms with van der Waals surface area (Å²) in [7, 11) is 0. The number of nitro groups is 1. The number of nitro benzene ring substituents is 1. The van der Waals surface area contributed by atoms with E-state index >= 15 is 0 Å². The first-order valence-electron chi connectivity index (χ1n) is 10.3. The van der Waals surface area contributed by atoms with Crippen molar-refractivity contribution in [2.24, 2.45) is 20.0 Å². The summed E-state index contributed by atoms with van der Waals surface area (Å²) in [6, 6.07) is 6.68. The van der Waals surface area contributed by atoms with E-state index in [1.54, 1.807) is 18.2 Å². The smallest absolute Gasteiger partial charge is 0.258 e. The van der Waals surface area contributed by atoms with Crippen molar-refractivity contribution in [3.63, 3.8) is 0 Å². The average Bonchev–Trinajstić information content (AvgIpc) is 3.59. The van der Waals surface area contributed by atoms with Crippen molar-refractivity contribution in [2.75, 3.05) is 0 Å². The molecule has 0 saturated carbocycles. The molecule has 1 aromatic rings. The summed E-state index contributed by atoms with van der Waals surface area (Å²) in [5.74, 6) is 0. The van der Waals surface area contributed by atoms with Crippen LogP contribution in [0.3, 0.4) is 0 Å². The van der Waals surface area contributed by atoms with Crippen molar-refractivity contribution in [1.82, 2.24) is 0 Å². The van der Waals surface area contributed by atoms with Gasteiger partial charge in [-0.1, -0.05) is 12.1 Å². The van der Waals surface area contributed by atoms with Gasteiger partial charge in [-0.2, -0.15) is 0 Å². The fraction of sp³-hybridized carbons (Fsp3) is 0. The summed E-state index contributed by atoms with van der Waals surface area (Å²) < 4.78 is 0. The molecule has 5 aliphatic rings. The Bertz CT molecular complexity index is 1510. The van der Waals surface area contributed by atoms with E-state index in [0.717, 1.165) is 28.5 Å². The maximum atomic E-state index is 11.7. The van der Waals surface area contributed by atoms with E-state index in [1.165, 1.54) is 6.07 Å². The van der Waals surface area contributed by atoms with Gasteiger partial charge in [0.25, 0.3) is 5.69 Å². The Morgan fingerprint density at radius 3 is 1.76 bits per heavy atom. The Labute approximate surface area is 188 Å². The molecule has 0 saturated heterocycles. The topological polar surface area (TPSA) is 92.6 Å². The molecule has 0 radical (unpaired) electrons. The second-order valence-electron chi connectivity index (χ2n) is 7.72. The molecule has 8 bridgehead atoms. The highest BCUT2D eigenvalue weighted by Crippen LogP contribution is 2.35. The zero-order valence-corrected chi connectivity index (χ0v) is 17.2. The minimum Gasteiger partial charge on any atom is -0.258 e. The van der Waals surface area contributed by atoms with Crippen molar-refractivity contribution in [2.45, 2.75) is 0 Å². The number of para-hydroxylation sites is 1. The molecule has 6 rings (SSSR count). The van der Waals surface area contributed by atoms with Gasteiger partial charge in [0.15, 0.2) is 0 Å². The number of benzene rings is 1. The first kappa shape index (κ1) is 18.9. The molecule has 0 amide bonds. The number of hydrogen-bond acceptors (Lipinski definition) is 6. The van der Waals surface area contributed by atoms with Gasteiger partial charge >= 0.3 is 0 Å². The zero-order chi connectivity index (χ0) is 22.4. The van der Waals surface area contributed by atoms with Gasteiger partial charge in [-0.3, -0.25) is 10.1 Å². The molecule has 5 heterocycles.